The molecule has 4 nitrogen and oxygen atoms in total. The van der Waals surface area contributed by atoms with Crippen molar-refractivity contribution in [3.63, 3.8) is 0 Å². The molecule has 1 aromatic heterocycles. The molecule has 0 aromatic carbocycles. The van der Waals surface area contributed by atoms with E-state index in [1.54, 1.807) is 18.6 Å². The number of hydrogen-bond donors (Lipinski definition) is 1. The summed E-state index contributed by atoms with van der Waals surface area (Å²) < 4.78 is 0. The maximum Gasteiger partial charge on any atom is 0.115 e. The smallest absolute Gasteiger partial charge is 0.115 e. The van der Waals surface area contributed by atoms with Crippen LogP contribution in [-0.4, -0.2) is 38.6 Å². The fourth-order valence-corrected chi connectivity index (χ4v) is 2.03. The second-order valence-corrected chi connectivity index (χ2v) is 4.36. The summed E-state index contributed by atoms with van der Waals surface area (Å²) in [6, 6.07) is 0. The van der Waals surface area contributed by atoms with Crippen molar-refractivity contribution >= 4 is 0 Å². The number of aliphatic hydroxyl groups is 1. The van der Waals surface area contributed by atoms with Gasteiger partial charge in [0.2, 0.25) is 0 Å². The summed E-state index contributed by atoms with van der Waals surface area (Å²) in [5.74, 6) is 0. The van der Waals surface area contributed by atoms with Crippen LogP contribution in [0, 0.1) is 0 Å². The van der Waals surface area contributed by atoms with E-state index in [4.69, 9.17) is 0 Å². The highest BCUT2D eigenvalue weighted by Crippen LogP contribution is 2.29. The van der Waals surface area contributed by atoms with Gasteiger partial charge in [0.25, 0.3) is 0 Å². The molecule has 16 heavy (non-hydrogen) atoms. The molecule has 0 amide bonds. The largest absolute Gasteiger partial charge is 0.385 e. The average molecular weight is 223 g/mol. The Morgan fingerprint density at radius 1 is 1.31 bits per heavy atom. The van der Waals surface area contributed by atoms with Gasteiger partial charge >= 0.3 is 0 Å². The van der Waals surface area contributed by atoms with Crippen LogP contribution in [0.4, 0.5) is 0 Å². The van der Waals surface area contributed by atoms with Gasteiger partial charge in [-0.25, -0.2) is 0 Å². The summed E-state index contributed by atoms with van der Waals surface area (Å²) in [4.78, 5) is 10.4. The average Bonchev–Trinajstić information content (AvgIpc) is 2.30. The SMILES string of the molecule is CCN(CC)C(C)(C)C(O)c1cnccn1. The molecule has 0 aliphatic heterocycles. The van der Waals surface area contributed by atoms with Gasteiger partial charge in [-0.3, -0.25) is 14.9 Å². The van der Waals surface area contributed by atoms with Crippen molar-refractivity contribution in [3.05, 3.63) is 24.3 Å². The van der Waals surface area contributed by atoms with E-state index in [1.165, 1.54) is 0 Å². The van der Waals surface area contributed by atoms with E-state index in [-0.39, 0.29) is 5.54 Å². The van der Waals surface area contributed by atoms with Crippen molar-refractivity contribution in [2.24, 2.45) is 0 Å². The maximum absolute atomic E-state index is 10.3. The Morgan fingerprint density at radius 2 is 1.94 bits per heavy atom. The Morgan fingerprint density at radius 3 is 2.38 bits per heavy atom. The van der Waals surface area contributed by atoms with E-state index in [2.05, 4.69) is 28.7 Å². The molecule has 4 heteroatoms. The van der Waals surface area contributed by atoms with Crippen LogP contribution in [0.25, 0.3) is 0 Å². The molecule has 1 rings (SSSR count). The number of hydrogen-bond acceptors (Lipinski definition) is 4. The molecule has 0 bridgehead atoms. The lowest BCUT2D eigenvalue weighted by atomic mass is 9.92. The van der Waals surface area contributed by atoms with E-state index in [1.807, 2.05) is 13.8 Å². The first-order valence-electron chi connectivity index (χ1n) is 5.73. The van der Waals surface area contributed by atoms with Crippen LogP contribution in [0.5, 0.6) is 0 Å². The minimum atomic E-state index is -0.624. The summed E-state index contributed by atoms with van der Waals surface area (Å²) in [5, 5.41) is 10.3. The number of aromatic nitrogens is 2. The predicted molar refractivity (Wildman–Crippen MR) is 64.0 cm³/mol. The highest BCUT2D eigenvalue weighted by molar-refractivity contribution is 5.07. The standard InChI is InChI=1S/C12H21N3O/c1-5-15(6-2)12(3,4)11(16)10-9-13-7-8-14-10/h7-9,11,16H,5-6H2,1-4H3. The van der Waals surface area contributed by atoms with Gasteiger partial charge in [0.1, 0.15) is 6.10 Å². The molecule has 0 fully saturated rings. The lowest BCUT2D eigenvalue weighted by Gasteiger charge is -2.40. The van der Waals surface area contributed by atoms with Crippen molar-refractivity contribution in [3.8, 4) is 0 Å². The summed E-state index contributed by atoms with van der Waals surface area (Å²) in [7, 11) is 0. The Bertz CT molecular complexity index is 309. The van der Waals surface area contributed by atoms with Crippen molar-refractivity contribution in [2.45, 2.75) is 39.3 Å². The minimum Gasteiger partial charge on any atom is -0.385 e. The third kappa shape index (κ3) is 2.57. The molecular weight excluding hydrogens is 202 g/mol. The summed E-state index contributed by atoms with van der Waals surface area (Å²) in [6.45, 7) is 10.0. The van der Waals surface area contributed by atoms with Gasteiger partial charge in [0.15, 0.2) is 0 Å². The molecule has 1 N–H and O–H groups in total. The normalized spacial score (nSPS) is 14.1. The minimum absolute atomic E-state index is 0.334. The number of aliphatic hydroxyl groups excluding tert-OH is 1. The van der Waals surface area contributed by atoms with Gasteiger partial charge in [-0.15, -0.1) is 0 Å². The molecular formula is C12H21N3O. The molecule has 0 radical (unpaired) electrons. The topological polar surface area (TPSA) is 49.2 Å². The van der Waals surface area contributed by atoms with Crippen LogP contribution in [0.15, 0.2) is 18.6 Å². The zero-order valence-electron chi connectivity index (χ0n) is 10.5. The van der Waals surface area contributed by atoms with Crippen LogP contribution in [0.2, 0.25) is 0 Å². The van der Waals surface area contributed by atoms with Crippen molar-refractivity contribution < 1.29 is 5.11 Å². The highest BCUT2D eigenvalue weighted by Gasteiger charge is 2.34. The van der Waals surface area contributed by atoms with Gasteiger partial charge in [0.05, 0.1) is 11.9 Å². The monoisotopic (exact) mass is 223 g/mol. The molecule has 0 aliphatic rings. The zero-order valence-corrected chi connectivity index (χ0v) is 10.5. The molecule has 0 saturated carbocycles. The van der Waals surface area contributed by atoms with Crippen LogP contribution in [-0.2, 0) is 0 Å². The van der Waals surface area contributed by atoms with E-state index in [9.17, 15) is 5.11 Å². The lowest BCUT2D eigenvalue weighted by Crippen LogP contribution is -2.48. The maximum atomic E-state index is 10.3. The van der Waals surface area contributed by atoms with Gasteiger partial charge < -0.3 is 5.11 Å². The highest BCUT2D eigenvalue weighted by atomic mass is 16.3. The van der Waals surface area contributed by atoms with Crippen molar-refractivity contribution in [2.75, 3.05) is 13.1 Å². The number of nitrogens with zero attached hydrogens (tertiary/aromatic N) is 3. The molecule has 0 saturated heterocycles. The third-order valence-corrected chi connectivity index (χ3v) is 3.11. The van der Waals surface area contributed by atoms with Crippen LogP contribution < -0.4 is 0 Å². The summed E-state index contributed by atoms with van der Waals surface area (Å²) >= 11 is 0. The lowest BCUT2D eigenvalue weighted by molar-refractivity contribution is -0.00884. The molecule has 0 aliphatic carbocycles. The first-order valence-corrected chi connectivity index (χ1v) is 5.73. The fraction of sp³-hybridized carbons (Fsp3) is 0.667. The van der Waals surface area contributed by atoms with Gasteiger partial charge in [0, 0.05) is 17.9 Å². The number of likely N-dealkylation sites (N-methyl/N-ethyl adjacent to an activating group) is 1. The van der Waals surface area contributed by atoms with Gasteiger partial charge in [-0.05, 0) is 26.9 Å². The predicted octanol–water partition coefficient (Wildman–Crippen LogP) is 1.63. The van der Waals surface area contributed by atoms with Crippen LogP contribution in [0.1, 0.15) is 39.5 Å². The third-order valence-electron chi connectivity index (χ3n) is 3.11. The van der Waals surface area contributed by atoms with E-state index in [0.29, 0.717) is 5.69 Å². The van der Waals surface area contributed by atoms with E-state index in [0.717, 1.165) is 13.1 Å². The zero-order chi connectivity index (χ0) is 12.2. The molecule has 1 unspecified atom stereocenters. The Labute approximate surface area is 97.3 Å². The van der Waals surface area contributed by atoms with E-state index >= 15 is 0 Å². The number of rotatable bonds is 5. The van der Waals surface area contributed by atoms with Gasteiger partial charge in [-0.1, -0.05) is 13.8 Å². The van der Waals surface area contributed by atoms with Crippen LogP contribution in [0.3, 0.4) is 0 Å². The second-order valence-electron chi connectivity index (χ2n) is 4.36. The summed E-state index contributed by atoms with van der Waals surface area (Å²) in [5.41, 5.74) is 0.291. The summed E-state index contributed by atoms with van der Waals surface area (Å²) in [6.07, 6.45) is 4.22. The van der Waals surface area contributed by atoms with E-state index < -0.39 is 6.10 Å². The Kier molecular flexibility index (Phi) is 4.38. The Hall–Kier alpha value is -1.00. The quantitative estimate of drug-likeness (QED) is 0.824. The molecule has 0 spiro atoms. The first kappa shape index (κ1) is 13.1. The fourth-order valence-electron chi connectivity index (χ4n) is 2.03. The molecule has 1 heterocycles. The van der Waals surface area contributed by atoms with Crippen LogP contribution >= 0.6 is 0 Å². The van der Waals surface area contributed by atoms with Crippen molar-refractivity contribution in [1.82, 2.24) is 14.9 Å². The first-order chi connectivity index (χ1) is 7.54. The molecule has 1 aromatic rings. The molecule has 1 atom stereocenters. The second kappa shape index (κ2) is 5.37. The molecule has 90 valence electrons. The van der Waals surface area contributed by atoms with Crippen molar-refractivity contribution in [1.29, 1.82) is 0 Å². The van der Waals surface area contributed by atoms with Gasteiger partial charge in [-0.2, -0.15) is 0 Å². The Balaban J connectivity index is 2.91.